The first-order valence-electron chi connectivity index (χ1n) is 5.60. The number of aromatic nitrogens is 5. The van der Waals surface area contributed by atoms with E-state index in [2.05, 4.69) is 25.5 Å². The number of anilines is 1. The van der Waals surface area contributed by atoms with Crippen LogP contribution in [0.25, 0.3) is 0 Å². The van der Waals surface area contributed by atoms with Crippen molar-refractivity contribution in [2.75, 3.05) is 12.4 Å². The van der Waals surface area contributed by atoms with Crippen molar-refractivity contribution in [2.45, 2.75) is 19.9 Å². The number of aryl methyl sites for hydroxylation is 2. The molecule has 1 N–H and O–H groups in total. The van der Waals surface area contributed by atoms with Gasteiger partial charge >= 0.3 is 0 Å². The van der Waals surface area contributed by atoms with E-state index in [4.69, 9.17) is 4.74 Å². The van der Waals surface area contributed by atoms with Crippen LogP contribution in [0.3, 0.4) is 0 Å². The van der Waals surface area contributed by atoms with Crippen LogP contribution in [-0.4, -0.2) is 31.8 Å². The molecular formula is C11H16N6O. The summed E-state index contributed by atoms with van der Waals surface area (Å²) >= 11 is 0. The lowest BCUT2D eigenvalue weighted by atomic mass is 10.3. The van der Waals surface area contributed by atoms with Crippen molar-refractivity contribution < 1.29 is 4.74 Å². The third-order valence-corrected chi connectivity index (χ3v) is 2.52. The van der Waals surface area contributed by atoms with Gasteiger partial charge in [0.05, 0.1) is 13.2 Å². The lowest BCUT2D eigenvalue weighted by Crippen LogP contribution is -2.13. The summed E-state index contributed by atoms with van der Waals surface area (Å²) in [6.45, 7) is 3.81. The first-order valence-corrected chi connectivity index (χ1v) is 5.60. The van der Waals surface area contributed by atoms with Gasteiger partial charge in [-0.05, 0) is 13.8 Å². The molecule has 7 nitrogen and oxygen atoms in total. The van der Waals surface area contributed by atoms with Crippen LogP contribution in [0.5, 0.6) is 5.88 Å². The molecule has 7 heteroatoms. The Morgan fingerprint density at radius 1 is 1.39 bits per heavy atom. The van der Waals surface area contributed by atoms with Crippen molar-refractivity contribution in [3.05, 3.63) is 24.0 Å². The summed E-state index contributed by atoms with van der Waals surface area (Å²) in [4.78, 5) is 8.44. The Morgan fingerprint density at radius 2 is 2.17 bits per heavy atom. The van der Waals surface area contributed by atoms with E-state index in [-0.39, 0.29) is 6.04 Å². The quantitative estimate of drug-likeness (QED) is 0.872. The second-order valence-electron chi connectivity index (χ2n) is 4.01. The molecule has 0 aliphatic carbocycles. The molecule has 1 unspecified atom stereocenters. The summed E-state index contributed by atoms with van der Waals surface area (Å²) in [5.41, 5.74) is 0. The SMILES string of the molecule is COc1cc(NC(C)c2nncn2C)nc(C)n1. The Morgan fingerprint density at radius 3 is 2.78 bits per heavy atom. The maximum absolute atomic E-state index is 5.11. The number of rotatable bonds is 4. The Kier molecular flexibility index (Phi) is 3.40. The van der Waals surface area contributed by atoms with E-state index in [0.29, 0.717) is 17.5 Å². The minimum atomic E-state index is -0.00324. The van der Waals surface area contributed by atoms with Gasteiger partial charge in [0.2, 0.25) is 5.88 Å². The van der Waals surface area contributed by atoms with Crippen molar-refractivity contribution in [1.82, 2.24) is 24.7 Å². The van der Waals surface area contributed by atoms with E-state index in [1.807, 2.05) is 25.5 Å². The van der Waals surface area contributed by atoms with E-state index in [1.165, 1.54) is 0 Å². The van der Waals surface area contributed by atoms with Crippen molar-refractivity contribution >= 4 is 5.82 Å². The van der Waals surface area contributed by atoms with Crippen LogP contribution in [0.15, 0.2) is 12.4 Å². The van der Waals surface area contributed by atoms with Gasteiger partial charge in [-0.15, -0.1) is 10.2 Å². The van der Waals surface area contributed by atoms with Gasteiger partial charge in [-0.2, -0.15) is 4.98 Å². The van der Waals surface area contributed by atoms with E-state index in [1.54, 1.807) is 19.5 Å². The fraction of sp³-hybridized carbons (Fsp3) is 0.455. The summed E-state index contributed by atoms with van der Waals surface area (Å²) in [5, 5.41) is 11.2. The van der Waals surface area contributed by atoms with Gasteiger partial charge in [0.15, 0.2) is 5.82 Å². The third kappa shape index (κ3) is 2.55. The van der Waals surface area contributed by atoms with Gasteiger partial charge in [-0.1, -0.05) is 0 Å². The van der Waals surface area contributed by atoms with E-state index in [9.17, 15) is 0 Å². The maximum Gasteiger partial charge on any atom is 0.218 e. The number of nitrogens with one attached hydrogen (secondary N) is 1. The second-order valence-corrected chi connectivity index (χ2v) is 4.01. The van der Waals surface area contributed by atoms with E-state index < -0.39 is 0 Å². The molecule has 0 aliphatic heterocycles. The largest absolute Gasteiger partial charge is 0.481 e. The minimum absolute atomic E-state index is 0.00324. The Labute approximate surface area is 105 Å². The number of ether oxygens (including phenoxy) is 1. The Hall–Kier alpha value is -2.18. The van der Waals surface area contributed by atoms with Crippen LogP contribution in [0.4, 0.5) is 5.82 Å². The second kappa shape index (κ2) is 4.99. The van der Waals surface area contributed by atoms with Gasteiger partial charge in [-0.3, -0.25) is 0 Å². The zero-order chi connectivity index (χ0) is 13.1. The topological polar surface area (TPSA) is 77.8 Å². The molecule has 2 aromatic heterocycles. The molecule has 0 amide bonds. The van der Waals surface area contributed by atoms with E-state index >= 15 is 0 Å². The molecule has 0 bridgehead atoms. The lowest BCUT2D eigenvalue weighted by Gasteiger charge is -2.14. The standard InChI is InChI=1S/C11H16N6O/c1-7(11-16-12-6-17(11)3)13-9-5-10(18-4)15-8(2)14-9/h5-7H,1-4H3,(H,13,14,15). The fourth-order valence-electron chi connectivity index (χ4n) is 1.69. The van der Waals surface area contributed by atoms with Gasteiger partial charge in [0.1, 0.15) is 18.0 Å². The molecule has 0 aliphatic rings. The first kappa shape index (κ1) is 12.3. The highest BCUT2D eigenvalue weighted by Crippen LogP contribution is 2.18. The summed E-state index contributed by atoms with van der Waals surface area (Å²) in [5.74, 6) is 2.73. The molecule has 1 atom stereocenters. The molecule has 0 spiro atoms. The summed E-state index contributed by atoms with van der Waals surface area (Å²) in [6.07, 6.45) is 1.67. The average Bonchev–Trinajstić information content (AvgIpc) is 2.74. The van der Waals surface area contributed by atoms with Crippen LogP contribution >= 0.6 is 0 Å². The van der Waals surface area contributed by atoms with Gasteiger partial charge in [0.25, 0.3) is 0 Å². The van der Waals surface area contributed by atoms with Gasteiger partial charge in [0, 0.05) is 13.1 Å². The fourth-order valence-corrected chi connectivity index (χ4v) is 1.69. The smallest absolute Gasteiger partial charge is 0.218 e. The monoisotopic (exact) mass is 248 g/mol. The molecule has 0 saturated heterocycles. The highest BCUT2D eigenvalue weighted by Gasteiger charge is 2.12. The molecule has 0 saturated carbocycles. The normalized spacial score (nSPS) is 12.2. The maximum atomic E-state index is 5.11. The van der Waals surface area contributed by atoms with Crippen LogP contribution in [0.2, 0.25) is 0 Å². The van der Waals surface area contributed by atoms with Crippen LogP contribution in [0.1, 0.15) is 24.6 Å². The number of methoxy groups -OCH3 is 1. The first-order chi connectivity index (χ1) is 8.60. The molecule has 0 aromatic carbocycles. The molecule has 2 rings (SSSR count). The van der Waals surface area contributed by atoms with Crippen molar-refractivity contribution in [2.24, 2.45) is 7.05 Å². The minimum Gasteiger partial charge on any atom is -0.481 e. The third-order valence-electron chi connectivity index (χ3n) is 2.52. The summed E-state index contributed by atoms with van der Waals surface area (Å²) in [6, 6.07) is 1.75. The average molecular weight is 248 g/mol. The van der Waals surface area contributed by atoms with Crippen LogP contribution in [0, 0.1) is 6.92 Å². The van der Waals surface area contributed by atoms with Crippen molar-refractivity contribution in [3.63, 3.8) is 0 Å². The van der Waals surface area contributed by atoms with Crippen LogP contribution in [-0.2, 0) is 7.05 Å². The number of nitrogens with zero attached hydrogens (tertiary/aromatic N) is 5. The zero-order valence-electron chi connectivity index (χ0n) is 10.9. The van der Waals surface area contributed by atoms with Crippen LogP contribution < -0.4 is 10.1 Å². The molecule has 18 heavy (non-hydrogen) atoms. The molecule has 0 fully saturated rings. The number of hydrogen-bond acceptors (Lipinski definition) is 6. The molecule has 0 radical (unpaired) electrons. The Bertz CT molecular complexity index is 538. The summed E-state index contributed by atoms with van der Waals surface area (Å²) in [7, 11) is 3.48. The predicted molar refractivity (Wildman–Crippen MR) is 66.4 cm³/mol. The number of hydrogen-bond donors (Lipinski definition) is 1. The van der Waals surface area contributed by atoms with Gasteiger partial charge < -0.3 is 14.6 Å². The molecule has 2 aromatic rings. The highest BCUT2D eigenvalue weighted by molar-refractivity contribution is 5.39. The summed E-state index contributed by atoms with van der Waals surface area (Å²) < 4.78 is 6.97. The predicted octanol–water partition coefficient (Wildman–Crippen LogP) is 1.10. The zero-order valence-corrected chi connectivity index (χ0v) is 10.9. The molecular weight excluding hydrogens is 232 g/mol. The van der Waals surface area contributed by atoms with Crippen molar-refractivity contribution in [3.8, 4) is 5.88 Å². The molecule has 96 valence electrons. The lowest BCUT2D eigenvalue weighted by molar-refractivity contribution is 0.396. The van der Waals surface area contributed by atoms with E-state index in [0.717, 1.165) is 5.82 Å². The van der Waals surface area contributed by atoms with Crippen molar-refractivity contribution in [1.29, 1.82) is 0 Å². The highest BCUT2D eigenvalue weighted by atomic mass is 16.5. The van der Waals surface area contributed by atoms with Gasteiger partial charge in [-0.25, -0.2) is 4.98 Å². The molecule has 2 heterocycles. The Balaban J connectivity index is 2.19.